The van der Waals surface area contributed by atoms with E-state index in [0.29, 0.717) is 5.69 Å². The summed E-state index contributed by atoms with van der Waals surface area (Å²) < 4.78 is 39.8. The summed E-state index contributed by atoms with van der Waals surface area (Å²) >= 11 is 0. The van der Waals surface area contributed by atoms with Crippen molar-refractivity contribution in [2.45, 2.75) is 13.1 Å². The number of alkyl halides is 3. The lowest BCUT2D eigenvalue weighted by Gasteiger charge is -2.12. The minimum atomic E-state index is -4.52. The fourth-order valence-corrected chi connectivity index (χ4v) is 3.40. The summed E-state index contributed by atoms with van der Waals surface area (Å²) in [5.41, 5.74) is 2.22. The van der Waals surface area contributed by atoms with Crippen LogP contribution in [0.5, 0.6) is 0 Å². The number of hydrogen-bond acceptors (Lipinski definition) is 2. The third-order valence-electron chi connectivity index (χ3n) is 5.02. The molecule has 0 unspecified atom stereocenters. The Morgan fingerprint density at radius 2 is 1.77 bits per heavy atom. The Hall–Kier alpha value is -3.87. The minimum absolute atomic E-state index is 0.0739. The number of rotatable bonds is 3. The Morgan fingerprint density at radius 1 is 0.968 bits per heavy atom. The van der Waals surface area contributed by atoms with Gasteiger partial charge in [0.2, 0.25) is 12.4 Å². The lowest BCUT2D eigenvalue weighted by Crippen LogP contribution is -2.27. The summed E-state index contributed by atoms with van der Waals surface area (Å²) in [6, 6.07) is 17.2. The topological polar surface area (TPSA) is 53.2 Å². The molecule has 7 heteroatoms. The van der Waals surface area contributed by atoms with Gasteiger partial charge in [-0.1, -0.05) is 24.3 Å². The van der Waals surface area contributed by atoms with E-state index in [9.17, 15) is 23.2 Å². The molecule has 1 aromatic heterocycles. The molecular weight excluding hydrogens is 405 g/mol. The van der Waals surface area contributed by atoms with Crippen LogP contribution in [0.4, 0.5) is 18.9 Å². The van der Waals surface area contributed by atoms with Crippen molar-refractivity contribution in [1.82, 2.24) is 0 Å². The van der Waals surface area contributed by atoms with Crippen molar-refractivity contribution < 1.29 is 27.9 Å². The zero-order chi connectivity index (χ0) is 22.2. The van der Waals surface area contributed by atoms with Gasteiger partial charge in [0.05, 0.1) is 10.9 Å². The van der Waals surface area contributed by atoms with E-state index in [1.54, 1.807) is 24.4 Å². The summed E-state index contributed by atoms with van der Waals surface area (Å²) in [7, 11) is 0. The number of carbonyl (C=O) groups is 1. The van der Waals surface area contributed by atoms with Crippen LogP contribution in [0.3, 0.4) is 0 Å². The number of carbonyl (C=O) groups excluding carboxylic acids is 1. The Balaban J connectivity index is 1.65. The normalized spacial score (nSPS) is 11.5. The van der Waals surface area contributed by atoms with Crippen LogP contribution in [0.15, 0.2) is 79.1 Å². The number of nitrogens with one attached hydrogen (secondary N) is 1. The molecule has 0 aliphatic heterocycles. The Bertz CT molecular complexity index is 1300. The molecule has 0 saturated carbocycles. The lowest BCUT2D eigenvalue weighted by atomic mass is 9.97. The number of fused-ring (bicyclic) bond motifs is 1. The first-order valence-electron chi connectivity index (χ1n) is 9.45. The predicted octanol–water partition coefficient (Wildman–Crippen LogP) is 5.61. The van der Waals surface area contributed by atoms with Crippen LogP contribution in [0.2, 0.25) is 0 Å². The second kappa shape index (κ2) is 7.75. The first-order chi connectivity index (χ1) is 14.7. The van der Waals surface area contributed by atoms with E-state index >= 15 is 0 Å². The van der Waals surface area contributed by atoms with Crippen LogP contribution >= 0.6 is 0 Å². The van der Waals surface area contributed by atoms with Crippen LogP contribution in [-0.2, 0) is 6.18 Å². The largest absolute Gasteiger partial charge is 0.416 e. The van der Waals surface area contributed by atoms with Gasteiger partial charge < -0.3 is 5.32 Å². The van der Waals surface area contributed by atoms with Crippen molar-refractivity contribution in [3.63, 3.8) is 0 Å². The van der Waals surface area contributed by atoms with E-state index in [1.165, 1.54) is 18.3 Å². The number of nitrogens with zero attached hydrogens (tertiary/aromatic N) is 1. The highest BCUT2D eigenvalue weighted by molar-refractivity contribution is 6.04. The Morgan fingerprint density at radius 3 is 2.55 bits per heavy atom. The average molecular weight is 423 g/mol. The highest BCUT2D eigenvalue weighted by atomic mass is 19.4. The monoisotopic (exact) mass is 423 g/mol. The molecule has 1 amide bonds. The molecule has 0 saturated heterocycles. The maximum absolute atomic E-state index is 12.9. The molecule has 31 heavy (non-hydrogen) atoms. The fourth-order valence-electron chi connectivity index (χ4n) is 3.40. The van der Waals surface area contributed by atoms with Gasteiger partial charge in [-0.15, -0.1) is 0 Å². The molecule has 4 nitrogen and oxygen atoms in total. The van der Waals surface area contributed by atoms with Gasteiger partial charge in [-0.2, -0.15) is 13.2 Å². The number of aromatic nitrogens is 1. The summed E-state index contributed by atoms with van der Waals surface area (Å²) in [5, 5.41) is 14.1. The van der Waals surface area contributed by atoms with Crippen LogP contribution in [-0.4, -0.2) is 11.1 Å². The zero-order valence-electron chi connectivity index (χ0n) is 16.4. The SMILES string of the molecule is Cc1ccc(NC(=O)c2cccc(C(F)(F)F)c2)cc1-c1ccc2cc[n+](O)cc2c1. The van der Waals surface area contributed by atoms with Crippen LogP contribution < -0.4 is 10.0 Å². The molecule has 3 aromatic carbocycles. The number of pyridine rings is 1. The van der Waals surface area contributed by atoms with Crippen molar-refractivity contribution in [2.24, 2.45) is 0 Å². The predicted molar refractivity (Wildman–Crippen MR) is 111 cm³/mol. The molecule has 4 rings (SSSR count). The average Bonchev–Trinajstić information content (AvgIpc) is 2.74. The third kappa shape index (κ3) is 4.35. The van der Waals surface area contributed by atoms with Crippen LogP contribution in [0.1, 0.15) is 21.5 Å². The number of halogens is 3. The first-order valence-corrected chi connectivity index (χ1v) is 9.45. The number of benzene rings is 3. The van der Waals surface area contributed by atoms with Crippen molar-refractivity contribution in [3.8, 4) is 11.1 Å². The van der Waals surface area contributed by atoms with Gasteiger partial charge in [-0.05, 0) is 65.4 Å². The van der Waals surface area contributed by atoms with Gasteiger partial charge >= 0.3 is 6.18 Å². The van der Waals surface area contributed by atoms with Gasteiger partial charge in [0.1, 0.15) is 0 Å². The van der Waals surface area contributed by atoms with E-state index in [-0.39, 0.29) is 5.56 Å². The Labute approximate surface area is 176 Å². The summed E-state index contributed by atoms with van der Waals surface area (Å²) in [6.45, 7) is 1.93. The maximum Gasteiger partial charge on any atom is 0.416 e. The first kappa shape index (κ1) is 20.4. The van der Waals surface area contributed by atoms with Crippen molar-refractivity contribution >= 4 is 22.4 Å². The quantitative estimate of drug-likeness (QED) is 0.332. The van der Waals surface area contributed by atoms with Crippen LogP contribution in [0.25, 0.3) is 21.9 Å². The zero-order valence-corrected chi connectivity index (χ0v) is 16.4. The molecule has 0 atom stereocenters. The number of amides is 1. The summed E-state index contributed by atoms with van der Waals surface area (Å²) in [4.78, 5) is 12.5. The molecule has 0 spiro atoms. The third-order valence-corrected chi connectivity index (χ3v) is 5.02. The molecule has 2 N–H and O–H groups in total. The van der Waals surface area contributed by atoms with Crippen LogP contribution in [0, 0.1) is 6.92 Å². The van der Waals surface area contributed by atoms with Crippen molar-refractivity contribution in [3.05, 3.63) is 95.8 Å². The number of hydrogen-bond donors (Lipinski definition) is 2. The van der Waals surface area contributed by atoms with E-state index in [4.69, 9.17) is 0 Å². The molecule has 0 fully saturated rings. The van der Waals surface area contributed by atoms with E-state index in [1.807, 2.05) is 31.2 Å². The smallest absolute Gasteiger partial charge is 0.322 e. The Kier molecular flexibility index (Phi) is 5.10. The van der Waals surface area contributed by atoms with E-state index < -0.39 is 17.6 Å². The van der Waals surface area contributed by atoms with E-state index in [0.717, 1.165) is 44.3 Å². The molecule has 156 valence electrons. The van der Waals surface area contributed by atoms with Gasteiger partial charge in [0.25, 0.3) is 5.91 Å². The van der Waals surface area contributed by atoms with Gasteiger partial charge in [0, 0.05) is 22.0 Å². The van der Waals surface area contributed by atoms with Crippen molar-refractivity contribution in [2.75, 3.05) is 5.32 Å². The molecule has 0 radical (unpaired) electrons. The molecule has 0 aliphatic rings. The van der Waals surface area contributed by atoms with Gasteiger partial charge in [-0.3, -0.25) is 10.0 Å². The van der Waals surface area contributed by atoms with E-state index in [2.05, 4.69) is 5.32 Å². The highest BCUT2D eigenvalue weighted by Crippen LogP contribution is 2.31. The minimum Gasteiger partial charge on any atom is -0.322 e. The molecule has 0 aliphatic carbocycles. The molecule has 1 heterocycles. The second-order valence-corrected chi connectivity index (χ2v) is 7.23. The highest BCUT2D eigenvalue weighted by Gasteiger charge is 2.30. The second-order valence-electron chi connectivity index (χ2n) is 7.23. The van der Waals surface area contributed by atoms with Gasteiger partial charge in [-0.25, -0.2) is 0 Å². The number of anilines is 1. The fraction of sp³-hybridized carbons (Fsp3) is 0.0833. The summed E-state index contributed by atoms with van der Waals surface area (Å²) in [5.74, 6) is -0.624. The number of aryl methyl sites for hydroxylation is 1. The molecule has 4 aromatic rings. The lowest BCUT2D eigenvalue weighted by molar-refractivity contribution is -0.903. The van der Waals surface area contributed by atoms with Gasteiger partial charge in [0.15, 0.2) is 0 Å². The molecule has 0 bridgehead atoms. The standard InChI is InChI=1S/C24H17F3N2O2/c1-15-5-8-21(28-23(30)18-3-2-4-20(12-18)24(25,26)27)13-22(15)17-7-6-16-9-10-29(31)14-19(16)11-17/h2-14H,1H3,(H-,28,30,31)/p+1. The van der Waals surface area contributed by atoms with Crippen molar-refractivity contribution in [1.29, 1.82) is 0 Å². The molecular formula is C24H18F3N2O2+. The maximum atomic E-state index is 12.9. The summed E-state index contributed by atoms with van der Waals surface area (Å²) in [6.07, 6.45) is -1.39.